The lowest BCUT2D eigenvalue weighted by Gasteiger charge is -2.60. The van der Waals surface area contributed by atoms with E-state index < -0.39 is 11.3 Å². The van der Waals surface area contributed by atoms with Crippen LogP contribution in [0.4, 0.5) is 4.39 Å². The second kappa shape index (κ2) is 8.41. The van der Waals surface area contributed by atoms with Gasteiger partial charge in [0.15, 0.2) is 5.78 Å². The van der Waals surface area contributed by atoms with Crippen molar-refractivity contribution in [1.29, 1.82) is 0 Å². The van der Waals surface area contributed by atoms with Crippen LogP contribution in [0.1, 0.15) is 82.2 Å². The van der Waals surface area contributed by atoms with Crippen LogP contribution in [0.15, 0.2) is 24.3 Å². The molecule has 6 aliphatic rings. The van der Waals surface area contributed by atoms with Gasteiger partial charge in [-0.1, -0.05) is 18.6 Å². The number of benzene rings is 1. The highest BCUT2D eigenvalue weighted by atomic mass is 19.1. The van der Waals surface area contributed by atoms with Gasteiger partial charge in [-0.15, -0.1) is 0 Å². The fourth-order valence-corrected chi connectivity index (χ4v) is 9.28. The lowest BCUT2D eigenvalue weighted by atomic mass is 9.47. The minimum Gasteiger partial charge on any atom is -0.469 e. The van der Waals surface area contributed by atoms with Crippen molar-refractivity contribution < 1.29 is 23.5 Å². The lowest BCUT2D eigenvalue weighted by Crippen LogP contribution is -2.59. The molecular formula is C29H36FNO4. The molecule has 1 aromatic rings. The van der Waals surface area contributed by atoms with Crippen LogP contribution in [0.25, 0.3) is 0 Å². The Bertz CT molecular complexity index is 1000. The Balaban J connectivity index is 1.35. The van der Waals surface area contributed by atoms with E-state index in [1.165, 1.54) is 38.5 Å². The molecule has 6 fully saturated rings. The molecule has 6 aliphatic carbocycles. The Labute approximate surface area is 206 Å². The molecule has 6 saturated carbocycles. The van der Waals surface area contributed by atoms with E-state index in [1.807, 2.05) is 0 Å². The summed E-state index contributed by atoms with van der Waals surface area (Å²) < 4.78 is 18.9. The van der Waals surface area contributed by atoms with Crippen LogP contribution in [0, 0.1) is 46.2 Å². The average Bonchev–Trinajstić information content (AvgIpc) is 2.81. The van der Waals surface area contributed by atoms with Gasteiger partial charge in [-0.25, -0.2) is 4.39 Å². The molecule has 6 heteroatoms. The number of Topliss-reactive ketones (excluding diaryl/α,β-unsaturated/α-hetero) is 1. The number of carbonyl (C=O) groups excluding carboxylic acids is 3. The first-order valence-electron chi connectivity index (χ1n) is 13.5. The number of amides is 1. The molecule has 1 N–H and O–H groups in total. The number of fused-ring (bicyclic) bond motifs is 2. The summed E-state index contributed by atoms with van der Waals surface area (Å²) in [5, 5.41) is 3.40. The maximum Gasteiger partial charge on any atom is 0.308 e. The molecule has 6 bridgehead atoms. The molecule has 1 aromatic carbocycles. The first-order valence-corrected chi connectivity index (χ1v) is 13.5. The van der Waals surface area contributed by atoms with Gasteiger partial charge in [0, 0.05) is 5.92 Å². The molecule has 5 nitrogen and oxygen atoms in total. The van der Waals surface area contributed by atoms with E-state index in [1.54, 1.807) is 12.1 Å². The molecule has 1 amide bonds. The number of ketones is 1. The maximum atomic E-state index is 14.2. The summed E-state index contributed by atoms with van der Waals surface area (Å²) in [6, 6.07) is 6.32. The number of methoxy groups -OCH3 is 1. The number of carbonyl (C=O) groups is 3. The molecule has 188 valence electrons. The van der Waals surface area contributed by atoms with Crippen LogP contribution < -0.4 is 5.32 Å². The third-order valence-electron chi connectivity index (χ3n) is 10.3. The molecule has 4 unspecified atom stereocenters. The van der Waals surface area contributed by atoms with Gasteiger partial charge in [0.05, 0.1) is 19.1 Å². The summed E-state index contributed by atoms with van der Waals surface area (Å²) in [6.07, 6.45) is 9.85. The van der Waals surface area contributed by atoms with Crippen molar-refractivity contribution in [3.05, 3.63) is 35.6 Å². The fourth-order valence-electron chi connectivity index (χ4n) is 9.28. The van der Waals surface area contributed by atoms with Gasteiger partial charge < -0.3 is 10.1 Å². The zero-order valence-electron chi connectivity index (χ0n) is 20.6. The van der Waals surface area contributed by atoms with Crippen molar-refractivity contribution in [2.24, 2.45) is 40.4 Å². The number of nitrogens with one attached hydrogen (secondary N) is 1. The fraction of sp³-hybridized carbons (Fsp3) is 0.690. The molecule has 0 saturated heterocycles. The summed E-state index contributed by atoms with van der Waals surface area (Å²) in [7, 11) is 1.37. The van der Waals surface area contributed by atoms with Crippen LogP contribution in [0.5, 0.6) is 0 Å². The maximum absolute atomic E-state index is 14.2. The van der Waals surface area contributed by atoms with Crippen molar-refractivity contribution in [3.63, 3.8) is 0 Å². The Morgan fingerprint density at radius 1 is 1.00 bits per heavy atom. The second-order valence-corrected chi connectivity index (χ2v) is 12.4. The van der Waals surface area contributed by atoms with E-state index in [4.69, 9.17) is 4.74 Å². The van der Waals surface area contributed by atoms with Crippen molar-refractivity contribution in [2.75, 3.05) is 7.11 Å². The average molecular weight is 482 g/mol. The van der Waals surface area contributed by atoms with Crippen LogP contribution >= 0.6 is 0 Å². The Hall–Kier alpha value is -2.24. The molecule has 0 radical (unpaired) electrons. The Kier molecular flexibility index (Phi) is 5.57. The first kappa shape index (κ1) is 23.2. The number of hydrogen-bond donors (Lipinski definition) is 1. The van der Waals surface area contributed by atoms with E-state index in [0.29, 0.717) is 30.6 Å². The van der Waals surface area contributed by atoms with Crippen molar-refractivity contribution in [2.45, 2.75) is 76.7 Å². The summed E-state index contributed by atoms with van der Waals surface area (Å²) in [6.45, 7) is 0. The molecule has 0 spiro atoms. The topological polar surface area (TPSA) is 72.5 Å². The Morgan fingerprint density at radius 2 is 1.63 bits per heavy atom. The van der Waals surface area contributed by atoms with E-state index >= 15 is 0 Å². The number of ether oxygens (including phenoxy) is 1. The molecule has 0 heterocycles. The molecular weight excluding hydrogens is 445 g/mol. The molecule has 0 aromatic heterocycles. The van der Waals surface area contributed by atoms with Crippen molar-refractivity contribution in [3.8, 4) is 0 Å². The standard InChI is InChI=1S/C29H36FNO4/c1-35-26(33)22-12-21-3-2-8-29(16-22,25(21)32)27(34)31-24(20-4-6-23(30)7-5-20)28-13-17-9-18(14-28)11-19(10-17)15-28/h4-7,17-19,21-22,24H,2-3,8-16H2,1H3,(H,31,34). The number of rotatable bonds is 5. The van der Waals surface area contributed by atoms with E-state index in [9.17, 15) is 18.8 Å². The smallest absolute Gasteiger partial charge is 0.308 e. The monoisotopic (exact) mass is 481 g/mol. The Morgan fingerprint density at radius 3 is 2.23 bits per heavy atom. The van der Waals surface area contributed by atoms with Crippen LogP contribution in [-0.4, -0.2) is 24.8 Å². The minimum atomic E-state index is -1.17. The predicted octanol–water partition coefficient (Wildman–Crippen LogP) is 5.14. The largest absolute Gasteiger partial charge is 0.469 e. The van der Waals surface area contributed by atoms with E-state index in [0.717, 1.165) is 37.7 Å². The van der Waals surface area contributed by atoms with Gasteiger partial charge in [-0.3, -0.25) is 14.4 Å². The van der Waals surface area contributed by atoms with Crippen LogP contribution in [-0.2, 0) is 19.1 Å². The second-order valence-electron chi connectivity index (χ2n) is 12.4. The zero-order valence-corrected chi connectivity index (χ0v) is 20.6. The highest BCUT2D eigenvalue weighted by Gasteiger charge is 2.59. The SMILES string of the molecule is COC(=O)C1CC2CCCC(C(=O)NC(c3ccc(F)cc3)C34CC5CC(CC(C5)C3)C4)(C1)C2=O. The number of esters is 1. The van der Waals surface area contributed by atoms with Crippen LogP contribution in [0.3, 0.4) is 0 Å². The first-order chi connectivity index (χ1) is 16.8. The summed E-state index contributed by atoms with van der Waals surface area (Å²) in [5.74, 6) is 0.568. The summed E-state index contributed by atoms with van der Waals surface area (Å²) in [4.78, 5) is 40.2. The van der Waals surface area contributed by atoms with Crippen LogP contribution in [0.2, 0.25) is 0 Å². The van der Waals surface area contributed by atoms with Gasteiger partial charge in [0.1, 0.15) is 11.2 Å². The number of halogens is 1. The van der Waals surface area contributed by atoms with Gasteiger partial charge in [-0.05, 0) is 105 Å². The normalized spacial score (nSPS) is 40.3. The van der Waals surface area contributed by atoms with Gasteiger partial charge in [0.25, 0.3) is 0 Å². The van der Waals surface area contributed by atoms with Crippen molar-refractivity contribution in [1.82, 2.24) is 5.32 Å². The van der Waals surface area contributed by atoms with E-state index in [2.05, 4.69) is 5.32 Å². The predicted molar refractivity (Wildman–Crippen MR) is 127 cm³/mol. The summed E-state index contributed by atoms with van der Waals surface area (Å²) >= 11 is 0. The number of hydrogen-bond acceptors (Lipinski definition) is 4. The molecule has 7 rings (SSSR count). The van der Waals surface area contributed by atoms with Crippen molar-refractivity contribution >= 4 is 17.7 Å². The quantitative estimate of drug-likeness (QED) is 0.467. The molecule has 35 heavy (non-hydrogen) atoms. The molecule has 4 atom stereocenters. The van der Waals surface area contributed by atoms with Gasteiger partial charge in [-0.2, -0.15) is 0 Å². The third-order valence-corrected chi connectivity index (χ3v) is 10.3. The zero-order chi connectivity index (χ0) is 24.4. The minimum absolute atomic E-state index is 0.00442. The van der Waals surface area contributed by atoms with E-state index in [-0.39, 0.29) is 47.3 Å². The summed E-state index contributed by atoms with van der Waals surface area (Å²) in [5.41, 5.74) is -0.286. The molecule has 0 aliphatic heterocycles. The third kappa shape index (κ3) is 3.74. The highest BCUT2D eigenvalue weighted by Crippen LogP contribution is 2.64. The highest BCUT2D eigenvalue weighted by molar-refractivity contribution is 6.08. The van der Waals surface area contributed by atoms with Gasteiger partial charge in [0.2, 0.25) is 5.91 Å². The van der Waals surface area contributed by atoms with Gasteiger partial charge >= 0.3 is 5.97 Å². The lowest BCUT2D eigenvalue weighted by molar-refractivity contribution is -0.161.